The fraction of sp³-hybridized carbons (Fsp3) is 0.333. The van der Waals surface area contributed by atoms with Crippen LogP contribution < -0.4 is 5.73 Å². The van der Waals surface area contributed by atoms with Gasteiger partial charge in [-0.05, 0) is 36.8 Å². The van der Waals surface area contributed by atoms with E-state index in [9.17, 15) is 31.1 Å². The van der Waals surface area contributed by atoms with Gasteiger partial charge in [-0.1, -0.05) is 0 Å². The summed E-state index contributed by atoms with van der Waals surface area (Å²) in [4.78, 5) is 14.2. The summed E-state index contributed by atoms with van der Waals surface area (Å²) in [5.41, 5.74) is 1.72. The van der Waals surface area contributed by atoms with E-state index in [0.29, 0.717) is 12.1 Å². The van der Waals surface area contributed by atoms with E-state index in [1.54, 1.807) is 0 Å². The first-order valence-corrected chi connectivity index (χ1v) is 6.81. The lowest BCUT2D eigenvalue weighted by molar-refractivity contribution is -0.143. The highest BCUT2D eigenvalue weighted by molar-refractivity contribution is 5.84. The molecule has 4 nitrogen and oxygen atoms in total. The molecule has 1 atom stereocenters. The largest absolute Gasteiger partial charge is 0.481 e. The van der Waals surface area contributed by atoms with Crippen LogP contribution in [0.3, 0.4) is 0 Å². The van der Waals surface area contributed by atoms with Gasteiger partial charge in [-0.25, -0.2) is 0 Å². The van der Waals surface area contributed by atoms with Crippen molar-refractivity contribution in [1.82, 2.24) is 0 Å². The fourth-order valence-corrected chi connectivity index (χ4v) is 1.79. The Morgan fingerprint density at radius 3 is 2.04 bits per heavy atom. The summed E-state index contributed by atoms with van der Waals surface area (Å²) in [6, 6.07) is 0.360. The third kappa shape index (κ3) is 6.48. The highest BCUT2D eigenvalue weighted by Crippen LogP contribution is 2.37. The molecule has 1 rings (SSSR count). The number of allylic oxidation sites excluding steroid dienone is 1. The molecule has 0 aliphatic heterocycles. The smallest absolute Gasteiger partial charge is 0.416 e. The zero-order valence-electron chi connectivity index (χ0n) is 12.8. The highest BCUT2D eigenvalue weighted by Gasteiger charge is 2.37. The van der Waals surface area contributed by atoms with Crippen LogP contribution >= 0.6 is 0 Å². The summed E-state index contributed by atoms with van der Waals surface area (Å²) in [7, 11) is 0. The Morgan fingerprint density at radius 1 is 1.16 bits per heavy atom. The van der Waals surface area contributed by atoms with Gasteiger partial charge in [0.2, 0.25) is 0 Å². The zero-order chi connectivity index (χ0) is 19.4. The minimum Gasteiger partial charge on any atom is -0.481 e. The Balaban J connectivity index is 3.20. The van der Waals surface area contributed by atoms with E-state index in [4.69, 9.17) is 10.8 Å². The van der Waals surface area contributed by atoms with E-state index in [0.717, 1.165) is 12.3 Å². The first-order valence-electron chi connectivity index (χ1n) is 6.81. The SMILES string of the molecule is CC(CC(=O)O)N=CC=C(N)c1cc(C(F)(F)F)cc(C(F)(F)F)c1. The maximum absolute atomic E-state index is 12.8. The maximum Gasteiger partial charge on any atom is 0.416 e. The summed E-state index contributed by atoms with van der Waals surface area (Å²) in [5.74, 6) is -1.10. The molecule has 0 aromatic heterocycles. The molecule has 0 heterocycles. The second-order valence-electron chi connectivity index (χ2n) is 5.16. The minimum atomic E-state index is -4.97. The normalized spacial score (nSPS) is 14.8. The Labute approximate surface area is 138 Å². The van der Waals surface area contributed by atoms with Crippen LogP contribution in [0.1, 0.15) is 30.0 Å². The number of carbonyl (C=O) groups is 1. The van der Waals surface area contributed by atoms with Crippen molar-refractivity contribution in [1.29, 1.82) is 0 Å². The van der Waals surface area contributed by atoms with Crippen molar-refractivity contribution in [2.75, 3.05) is 0 Å². The third-order valence-corrected chi connectivity index (χ3v) is 2.99. The summed E-state index contributed by atoms with van der Waals surface area (Å²) < 4.78 is 76.6. The first kappa shape index (κ1) is 20.5. The van der Waals surface area contributed by atoms with Crippen LogP contribution in [0.2, 0.25) is 0 Å². The van der Waals surface area contributed by atoms with E-state index >= 15 is 0 Å². The molecular formula is C15H14F6N2O2. The number of alkyl halides is 6. The van der Waals surface area contributed by atoms with Gasteiger partial charge in [-0.15, -0.1) is 0 Å². The molecular weight excluding hydrogens is 354 g/mol. The quantitative estimate of drug-likeness (QED) is 0.610. The molecule has 0 radical (unpaired) electrons. The number of benzene rings is 1. The Kier molecular flexibility index (Phi) is 6.22. The van der Waals surface area contributed by atoms with Gasteiger partial charge in [0, 0.05) is 11.9 Å². The van der Waals surface area contributed by atoms with E-state index in [2.05, 4.69) is 4.99 Å². The molecule has 138 valence electrons. The number of aliphatic carboxylic acids is 1. The van der Waals surface area contributed by atoms with Crippen LogP contribution in [0, 0.1) is 0 Å². The monoisotopic (exact) mass is 368 g/mol. The second-order valence-corrected chi connectivity index (χ2v) is 5.16. The average Bonchev–Trinajstić information content (AvgIpc) is 2.44. The molecule has 0 saturated heterocycles. The minimum absolute atomic E-state index is 0.000195. The number of hydrogen-bond acceptors (Lipinski definition) is 3. The number of halogens is 6. The molecule has 0 spiro atoms. The Bertz CT molecular complexity index is 660. The number of rotatable bonds is 5. The number of nitrogens with zero attached hydrogens (tertiary/aromatic N) is 1. The van der Waals surface area contributed by atoms with Crippen molar-refractivity contribution in [3.63, 3.8) is 0 Å². The van der Waals surface area contributed by atoms with Crippen LogP contribution in [0.5, 0.6) is 0 Å². The van der Waals surface area contributed by atoms with Crippen LogP contribution in [-0.4, -0.2) is 23.3 Å². The molecule has 3 N–H and O–H groups in total. The molecule has 0 aliphatic carbocycles. The fourth-order valence-electron chi connectivity index (χ4n) is 1.79. The number of aliphatic imine (C=N–C) groups is 1. The van der Waals surface area contributed by atoms with Gasteiger partial charge in [0.1, 0.15) is 0 Å². The number of carboxylic acid groups (broad SMARTS) is 1. The maximum atomic E-state index is 12.8. The topological polar surface area (TPSA) is 75.7 Å². The molecule has 1 unspecified atom stereocenters. The number of carboxylic acids is 1. The Morgan fingerprint density at radius 2 is 1.64 bits per heavy atom. The third-order valence-electron chi connectivity index (χ3n) is 2.99. The molecule has 1 aromatic carbocycles. The molecule has 0 aliphatic rings. The molecule has 0 saturated carbocycles. The highest BCUT2D eigenvalue weighted by atomic mass is 19.4. The summed E-state index contributed by atoms with van der Waals surface area (Å²) in [6.07, 6.45) is -8.18. The van der Waals surface area contributed by atoms with Crippen molar-refractivity contribution >= 4 is 17.9 Å². The predicted octanol–water partition coefficient (Wildman–Crippen LogP) is 3.96. The lowest BCUT2D eigenvalue weighted by Crippen LogP contribution is -2.12. The molecule has 0 fully saturated rings. The van der Waals surface area contributed by atoms with Crippen LogP contribution in [0.25, 0.3) is 5.70 Å². The van der Waals surface area contributed by atoms with E-state index in [1.807, 2.05) is 0 Å². The van der Waals surface area contributed by atoms with Gasteiger partial charge in [-0.2, -0.15) is 26.3 Å². The van der Waals surface area contributed by atoms with Gasteiger partial charge < -0.3 is 10.8 Å². The average molecular weight is 368 g/mol. The summed E-state index contributed by atoms with van der Waals surface area (Å²) in [5, 5.41) is 8.56. The summed E-state index contributed by atoms with van der Waals surface area (Å²) in [6.45, 7) is 1.47. The van der Waals surface area contributed by atoms with E-state index in [-0.39, 0.29) is 18.2 Å². The van der Waals surface area contributed by atoms with Gasteiger partial charge in [0.25, 0.3) is 0 Å². The zero-order valence-corrected chi connectivity index (χ0v) is 12.8. The lowest BCUT2D eigenvalue weighted by atomic mass is 10.0. The van der Waals surface area contributed by atoms with Crippen molar-refractivity contribution < 1.29 is 36.2 Å². The van der Waals surface area contributed by atoms with Crippen molar-refractivity contribution in [2.45, 2.75) is 31.7 Å². The first-order chi connectivity index (χ1) is 11.3. The van der Waals surface area contributed by atoms with Crippen LogP contribution in [-0.2, 0) is 17.1 Å². The van der Waals surface area contributed by atoms with Crippen LogP contribution in [0.15, 0.2) is 29.3 Å². The molecule has 0 bridgehead atoms. The van der Waals surface area contributed by atoms with E-state index < -0.39 is 41.1 Å². The molecule has 0 amide bonds. The van der Waals surface area contributed by atoms with Crippen molar-refractivity contribution in [2.24, 2.45) is 10.7 Å². The lowest BCUT2D eigenvalue weighted by Gasteiger charge is -2.14. The van der Waals surface area contributed by atoms with Gasteiger partial charge in [-0.3, -0.25) is 9.79 Å². The second kappa shape index (κ2) is 7.58. The Hall–Kier alpha value is -2.52. The van der Waals surface area contributed by atoms with E-state index in [1.165, 1.54) is 6.92 Å². The molecule has 1 aromatic rings. The molecule has 10 heteroatoms. The van der Waals surface area contributed by atoms with Gasteiger partial charge in [0.05, 0.1) is 23.6 Å². The molecule has 25 heavy (non-hydrogen) atoms. The van der Waals surface area contributed by atoms with Crippen LogP contribution in [0.4, 0.5) is 26.3 Å². The van der Waals surface area contributed by atoms with Gasteiger partial charge in [0.15, 0.2) is 0 Å². The van der Waals surface area contributed by atoms with Gasteiger partial charge >= 0.3 is 18.3 Å². The predicted molar refractivity (Wildman–Crippen MR) is 78.8 cm³/mol. The summed E-state index contributed by atoms with van der Waals surface area (Å²) >= 11 is 0. The van der Waals surface area contributed by atoms with Crippen molar-refractivity contribution in [3.8, 4) is 0 Å². The number of hydrogen-bond donors (Lipinski definition) is 2. The van der Waals surface area contributed by atoms with Crippen molar-refractivity contribution in [3.05, 3.63) is 41.0 Å². The number of nitrogens with two attached hydrogens (primary N) is 1. The standard InChI is InChI=1S/C15H14F6N2O2/c1-8(4-13(24)25)23-3-2-12(22)9-5-10(14(16,17)18)7-11(6-9)15(19,20)21/h2-3,5-8H,4,22H2,1H3,(H,24,25).